The van der Waals surface area contributed by atoms with Crippen LogP contribution < -0.4 is 4.74 Å². The van der Waals surface area contributed by atoms with E-state index in [1.807, 2.05) is 18.2 Å². The molecular formula is C24H34N2O3. The average Bonchev–Trinajstić information content (AvgIpc) is 2.72. The van der Waals surface area contributed by atoms with Crippen LogP contribution in [-0.2, 0) is 19.5 Å². The molecular weight excluding hydrogens is 364 g/mol. The summed E-state index contributed by atoms with van der Waals surface area (Å²) in [5.74, 6) is 0.805. The predicted octanol–water partition coefficient (Wildman–Crippen LogP) is 2.69. The third-order valence-corrected chi connectivity index (χ3v) is 5.57. The van der Waals surface area contributed by atoms with Crippen molar-refractivity contribution < 1.29 is 14.9 Å². The summed E-state index contributed by atoms with van der Waals surface area (Å²) in [6.07, 6.45) is 0.495. The van der Waals surface area contributed by atoms with E-state index >= 15 is 0 Å². The zero-order chi connectivity index (χ0) is 20.6. The van der Waals surface area contributed by atoms with Gasteiger partial charge >= 0.3 is 0 Å². The van der Waals surface area contributed by atoms with Gasteiger partial charge in [-0.3, -0.25) is 9.80 Å². The SMILES string of the molecule is CC(C)N(CCO)Cc1ccccc1OCC(O)CN1CCc2ccccc2C1. The van der Waals surface area contributed by atoms with Crippen LogP contribution in [0.3, 0.4) is 0 Å². The number of aliphatic hydroxyl groups is 2. The van der Waals surface area contributed by atoms with Gasteiger partial charge in [-0.2, -0.15) is 0 Å². The molecule has 0 amide bonds. The highest BCUT2D eigenvalue weighted by atomic mass is 16.5. The molecule has 0 aromatic heterocycles. The monoisotopic (exact) mass is 398 g/mol. The van der Waals surface area contributed by atoms with Gasteiger partial charge in [0.15, 0.2) is 0 Å². The molecule has 0 radical (unpaired) electrons. The van der Waals surface area contributed by atoms with Gasteiger partial charge in [-0.25, -0.2) is 0 Å². The van der Waals surface area contributed by atoms with Crippen LogP contribution in [0.1, 0.15) is 30.5 Å². The number of β-amino-alcohol motifs (C(OH)–C–C–N with tert-alkyl or cyclic N) is 1. The molecule has 158 valence electrons. The normalized spacial score (nSPS) is 15.5. The summed E-state index contributed by atoms with van der Waals surface area (Å²) in [7, 11) is 0. The maximum absolute atomic E-state index is 10.5. The fourth-order valence-corrected chi connectivity index (χ4v) is 3.89. The van der Waals surface area contributed by atoms with E-state index in [0.29, 0.717) is 25.7 Å². The second-order valence-corrected chi connectivity index (χ2v) is 8.11. The quantitative estimate of drug-likeness (QED) is 0.645. The Kier molecular flexibility index (Phi) is 8.07. The Morgan fingerprint density at radius 3 is 2.55 bits per heavy atom. The lowest BCUT2D eigenvalue weighted by Crippen LogP contribution is -2.39. The Hall–Kier alpha value is -1.92. The first-order valence-electron chi connectivity index (χ1n) is 10.6. The third kappa shape index (κ3) is 6.28. The van der Waals surface area contributed by atoms with Crippen molar-refractivity contribution >= 4 is 0 Å². The summed E-state index contributed by atoms with van der Waals surface area (Å²) in [6, 6.07) is 16.8. The molecule has 0 fully saturated rings. The highest BCUT2D eigenvalue weighted by Gasteiger charge is 2.19. The van der Waals surface area contributed by atoms with Gasteiger partial charge in [0.05, 0.1) is 6.61 Å². The van der Waals surface area contributed by atoms with E-state index in [-0.39, 0.29) is 13.2 Å². The Balaban J connectivity index is 1.53. The smallest absolute Gasteiger partial charge is 0.123 e. The standard InChI is InChI=1S/C24H34N2O3/c1-19(2)26(13-14-27)16-22-9-5-6-10-24(22)29-18-23(28)17-25-12-11-20-7-3-4-8-21(20)15-25/h3-10,19,23,27-28H,11-18H2,1-2H3. The molecule has 2 aromatic carbocycles. The van der Waals surface area contributed by atoms with Crippen LogP contribution in [0.15, 0.2) is 48.5 Å². The third-order valence-electron chi connectivity index (χ3n) is 5.57. The Morgan fingerprint density at radius 1 is 1.07 bits per heavy atom. The van der Waals surface area contributed by atoms with Crippen molar-refractivity contribution in [2.24, 2.45) is 0 Å². The second kappa shape index (κ2) is 10.7. The van der Waals surface area contributed by atoms with Crippen molar-refractivity contribution in [1.82, 2.24) is 9.80 Å². The van der Waals surface area contributed by atoms with Crippen LogP contribution in [0.25, 0.3) is 0 Å². The molecule has 1 unspecified atom stereocenters. The Morgan fingerprint density at radius 2 is 1.79 bits per heavy atom. The Bertz CT molecular complexity index is 765. The lowest BCUT2D eigenvalue weighted by molar-refractivity contribution is 0.0629. The van der Waals surface area contributed by atoms with Crippen molar-refractivity contribution in [2.45, 2.75) is 45.5 Å². The van der Waals surface area contributed by atoms with Crippen molar-refractivity contribution in [1.29, 1.82) is 0 Å². The van der Waals surface area contributed by atoms with Crippen molar-refractivity contribution in [3.63, 3.8) is 0 Å². The van der Waals surface area contributed by atoms with Crippen LogP contribution in [-0.4, -0.2) is 65.0 Å². The number of aliphatic hydroxyl groups excluding tert-OH is 2. The molecule has 1 aliphatic heterocycles. The predicted molar refractivity (Wildman–Crippen MR) is 116 cm³/mol. The van der Waals surface area contributed by atoms with Gasteiger partial charge in [-0.05, 0) is 37.5 Å². The summed E-state index contributed by atoms with van der Waals surface area (Å²) < 4.78 is 6.00. The molecule has 0 saturated carbocycles. The minimum Gasteiger partial charge on any atom is -0.491 e. The first-order valence-corrected chi connectivity index (χ1v) is 10.6. The van der Waals surface area contributed by atoms with Gasteiger partial charge in [0.25, 0.3) is 0 Å². The lowest BCUT2D eigenvalue weighted by atomic mass is 10.00. The Labute approximate surface area is 174 Å². The average molecular weight is 399 g/mol. The summed E-state index contributed by atoms with van der Waals surface area (Å²) in [5.41, 5.74) is 3.85. The van der Waals surface area contributed by atoms with Crippen LogP contribution in [0.4, 0.5) is 0 Å². The molecule has 29 heavy (non-hydrogen) atoms. The first kappa shape index (κ1) is 21.8. The zero-order valence-corrected chi connectivity index (χ0v) is 17.6. The van der Waals surface area contributed by atoms with Gasteiger partial charge in [-0.1, -0.05) is 42.5 Å². The highest BCUT2D eigenvalue weighted by molar-refractivity contribution is 5.33. The fourth-order valence-electron chi connectivity index (χ4n) is 3.89. The summed E-state index contributed by atoms with van der Waals surface area (Å²) in [6.45, 7) is 8.47. The number of ether oxygens (including phenoxy) is 1. The first-order chi connectivity index (χ1) is 14.1. The van der Waals surface area contributed by atoms with Crippen LogP contribution in [0, 0.1) is 0 Å². The maximum Gasteiger partial charge on any atom is 0.123 e. The number of para-hydroxylation sites is 1. The molecule has 0 bridgehead atoms. The molecule has 5 nitrogen and oxygen atoms in total. The summed E-state index contributed by atoms with van der Waals surface area (Å²) in [5, 5.41) is 19.9. The van der Waals surface area contributed by atoms with E-state index in [9.17, 15) is 10.2 Å². The van der Waals surface area contributed by atoms with E-state index in [0.717, 1.165) is 30.8 Å². The molecule has 5 heteroatoms. The van der Waals surface area contributed by atoms with E-state index in [1.54, 1.807) is 0 Å². The molecule has 2 N–H and O–H groups in total. The summed E-state index contributed by atoms with van der Waals surface area (Å²) in [4.78, 5) is 4.51. The van der Waals surface area contributed by atoms with Gasteiger partial charge < -0.3 is 14.9 Å². The summed E-state index contributed by atoms with van der Waals surface area (Å²) >= 11 is 0. The van der Waals surface area contributed by atoms with E-state index in [4.69, 9.17) is 4.74 Å². The second-order valence-electron chi connectivity index (χ2n) is 8.11. The van der Waals surface area contributed by atoms with Crippen LogP contribution in [0.2, 0.25) is 0 Å². The molecule has 1 aliphatic rings. The minimum absolute atomic E-state index is 0.138. The number of hydrogen-bond acceptors (Lipinski definition) is 5. The van der Waals surface area contributed by atoms with Crippen LogP contribution >= 0.6 is 0 Å². The topological polar surface area (TPSA) is 56.2 Å². The van der Waals surface area contributed by atoms with E-state index in [1.165, 1.54) is 11.1 Å². The molecule has 1 heterocycles. The van der Waals surface area contributed by atoms with E-state index in [2.05, 4.69) is 54.0 Å². The van der Waals surface area contributed by atoms with Gasteiger partial charge in [0.2, 0.25) is 0 Å². The van der Waals surface area contributed by atoms with Crippen LogP contribution in [0.5, 0.6) is 5.75 Å². The molecule has 0 aliphatic carbocycles. The number of fused-ring (bicyclic) bond motifs is 1. The zero-order valence-electron chi connectivity index (χ0n) is 17.6. The largest absolute Gasteiger partial charge is 0.491 e. The molecule has 0 saturated heterocycles. The molecule has 0 spiro atoms. The molecule has 1 atom stereocenters. The van der Waals surface area contributed by atoms with Gasteiger partial charge in [0, 0.05) is 44.3 Å². The lowest BCUT2D eigenvalue weighted by Gasteiger charge is -2.30. The minimum atomic E-state index is -0.535. The number of nitrogens with zero attached hydrogens (tertiary/aromatic N) is 2. The number of benzene rings is 2. The number of hydrogen-bond donors (Lipinski definition) is 2. The van der Waals surface area contributed by atoms with Crippen molar-refractivity contribution in [3.05, 3.63) is 65.2 Å². The highest BCUT2D eigenvalue weighted by Crippen LogP contribution is 2.22. The molecule has 2 aromatic rings. The maximum atomic E-state index is 10.5. The molecule has 3 rings (SSSR count). The van der Waals surface area contributed by atoms with Crippen molar-refractivity contribution in [2.75, 3.05) is 32.8 Å². The number of rotatable bonds is 10. The van der Waals surface area contributed by atoms with Gasteiger partial charge in [-0.15, -0.1) is 0 Å². The van der Waals surface area contributed by atoms with Crippen molar-refractivity contribution in [3.8, 4) is 5.75 Å². The van der Waals surface area contributed by atoms with Gasteiger partial charge in [0.1, 0.15) is 18.5 Å². The van der Waals surface area contributed by atoms with E-state index < -0.39 is 6.10 Å². The fraction of sp³-hybridized carbons (Fsp3) is 0.500.